The Hall–Kier alpha value is -1.76. The number of amides is 1. The molecule has 5 N–H and O–H groups in total. The van der Waals surface area contributed by atoms with Gasteiger partial charge in [0.15, 0.2) is 0 Å². The van der Waals surface area contributed by atoms with Gasteiger partial charge in [-0.05, 0) is 6.26 Å². The number of aromatic nitrogens is 3. The lowest BCUT2D eigenvalue weighted by Crippen LogP contribution is -2.12. The van der Waals surface area contributed by atoms with Crippen molar-refractivity contribution in [2.45, 2.75) is 5.03 Å². The maximum atomic E-state index is 11.3. The number of hydrogen-bond acceptors (Lipinski definition) is 5. The lowest BCUT2D eigenvalue weighted by molar-refractivity contribution is 0.0999. The second-order valence-corrected chi connectivity index (χ2v) is 3.70. The van der Waals surface area contributed by atoms with Gasteiger partial charge in [-0.25, -0.2) is 9.97 Å². The van der Waals surface area contributed by atoms with E-state index in [-0.39, 0.29) is 5.82 Å². The van der Waals surface area contributed by atoms with Crippen LogP contribution in [0.3, 0.4) is 0 Å². The summed E-state index contributed by atoms with van der Waals surface area (Å²) in [5.41, 5.74) is 11.8. The van der Waals surface area contributed by atoms with E-state index in [2.05, 4.69) is 15.0 Å². The molecule has 7 heteroatoms. The molecule has 2 aromatic heterocycles. The zero-order chi connectivity index (χ0) is 11.0. The van der Waals surface area contributed by atoms with E-state index in [1.807, 2.05) is 6.26 Å². The van der Waals surface area contributed by atoms with Gasteiger partial charge in [0.05, 0.1) is 16.0 Å². The van der Waals surface area contributed by atoms with Gasteiger partial charge in [-0.1, -0.05) is 0 Å². The molecule has 6 nitrogen and oxygen atoms in total. The Morgan fingerprint density at radius 1 is 1.53 bits per heavy atom. The largest absolute Gasteiger partial charge is 0.383 e. The summed E-state index contributed by atoms with van der Waals surface area (Å²) < 4.78 is 0. The van der Waals surface area contributed by atoms with Crippen molar-refractivity contribution in [2.24, 2.45) is 5.73 Å². The van der Waals surface area contributed by atoms with Crippen LogP contribution in [0.25, 0.3) is 11.0 Å². The maximum Gasteiger partial charge on any atom is 0.252 e. The number of nitrogens with one attached hydrogen (secondary N) is 1. The standard InChI is InChI=1S/C8H9N5OS/c1-15-8-4(6(10)14)3-5(9)11-2-12-7(3)13-8/h2H,1H3,(H2,10,14)(H3,9,11,12,13). The Labute approximate surface area is 89.5 Å². The molecule has 0 aliphatic rings. The second-order valence-electron chi connectivity index (χ2n) is 2.88. The first kappa shape index (κ1) is 9.78. The summed E-state index contributed by atoms with van der Waals surface area (Å²) in [5, 5.41) is 1.15. The average Bonchev–Trinajstić information content (AvgIpc) is 2.57. The normalized spacial score (nSPS) is 10.7. The van der Waals surface area contributed by atoms with Gasteiger partial charge in [-0.2, -0.15) is 0 Å². The van der Waals surface area contributed by atoms with Gasteiger partial charge in [0.25, 0.3) is 5.91 Å². The molecular weight excluding hydrogens is 214 g/mol. The van der Waals surface area contributed by atoms with Gasteiger partial charge in [0.2, 0.25) is 0 Å². The fraction of sp³-hybridized carbons (Fsp3) is 0.125. The first-order valence-electron chi connectivity index (χ1n) is 4.11. The highest BCUT2D eigenvalue weighted by molar-refractivity contribution is 7.98. The van der Waals surface area contributed by atoms with Crippen LogP contribution in [0.5, 0.6) is 0 Å². The summed E-state index contributed by atoms with van der Waals surface area (Å²) in [6.07, 6.45) is 3.17. The predicted octanol–water partition coefficient (Wildman–Crippen LogP) is 0.361. The van der Waals surface area contributed by atoms with E-state index in [0.717, 1.165) is 0 Å². The number of H-pyrrole nitrogens is 1. The van der Waals surface area contributed by atoms with Crippen molar-refractivity contribution in [3.05, 3.63) is 11.9 Å². The van der Waals surface area contributed by atoms with Crippen molar-refractivity contribution in [3.8, 4) is 0 Å². The molecule has 1 amide bonds. The predicted molar refractivity (Wildman–Crippen MR) is 58.6 cm³/mol. The zero-order valence-electron chi connectivity index (χ0n) is 7.94. The number of carbonyl (C=O) groups excluding carboxylic acids is 1. The summed E-state index contributed by atoms with van der Waals surface area (Å²) in [6.45, 7) is 0. The Morgan fingerprint density at radius 3 is 2.87 bits per heavy atom. The molecule has 0 saturated heterocycles. The molecule has 2 aromatic rings. The highest BCUT2D eigenvalue weighted by Crippen LogP contribution is 2.29. The van der Waals surface area contributed by atoms with Crippen molar-refractivity contribution in [3.63, 3.8) is 0 Å². The Bertz CT molecular complexity index is 535. The summed E-state index contributed by atoms with van der Waals surface area (Å²) >= 11 is 1.38. The molecule has 0 aliphatic carbocycles. The van der Waals surface area contributed by atoms with E-state index in [1.165, 1.54) is 18.1 Å². The summed E-state index contributed by atoms with van der Waals surface area (Å²) in [7, 11) is 0. The molecule has 0 aromatic carbocycles. The van der Waals surface area contributed by atoms with Gasteiger partial charge in [-0.3, -0.25) is 4.79 Å². The second kappa shape index (κ2) is 3.43. The molecular formula is C8H9N5OS. The maximum absolute atomic E-state index is 11.3. The van der Waals surface area contributed by atoms with Crippen LogP contribution in [-0.4, -0.2) is 27.1 Å². The molecule has 2 heterocycles. The van der Waals surface area contributed by atoms with E-state index < -0.39 is 5.91 Å². The number of nitrogens with zero attached hydrogens (tertiary/aromatic N) is 2. The highest BCUT2D eigenvalue weighted by atomic mass is 32.2. The van der Waals surface area contributed by atoms with Gasteiger partial charge >= 0.3 is 0 Å². The van der Waals surface area contributed by atoms with Crippen molar-refractivity contribution in [1.82, 2.24) is 15.0 Å². The fourth-order valence-electron chi connectivity index (χ4n) is 1.41. The van der Waals surface area contributed by atoms with E-state index in [1.54, 1.807) is 0 Å². The van der Waals surface area contributed by atoms with E-state index in [4.69, 9.17) is 11.5 Å². The van der Waals surface area contributed by atoms with Crippen LogP contribution in [0, 0.1) is 0 Å². The number of hydrogen-bond donors (Lipinski definition) is 3. The fourth-order valence-corrected chi connectivity index (χ4v) is 2.02. The third kappa shape index (κ3) is 1.40. The molecule has 0 aliphatic heterocycles. The monoisotopic (exact) mass is 223 g/mol. The van der Waals surface area contributed by atoms with Crippen molar-refractivity contribution >= 4 is 34.5 Å². The molecule has 78 valence electrons. The quantitative estimate of drug-likeness (QED) is 0.636. The van der Waals surface area contributed by atoms with Crippen LogP contribution in [0.1, 0.15) is 10.4 Å². The first-order valence-corrected chi connectivity index (χ1v) is 5.33. The van der Waals surface area contributed by atoms with E-state index >= 15 is 0 Å². The summed E-state index contributed by atoms with van der Waals surface area (Å²) in [4.78, 5) is 22.1. The minimum Gasteiger partial charge on any atom is -0.383 e. The lowest BCUT2D eigenvalue weighted by Gasteiger charge is -1.97. The van der Waals surface area contributed by atoms with Gasteiger partial charge in [0, 0.05) is 0 Å². The molecule has 0 atom stereocenters. The Kier molecular flexibility index (Phi) is 2.24. The molecule has 0 radical (unpaired) electrons. The number of primary amides is 1. The first-order chi connectivity index (χ1) is 7.15. The topological polar surface area (TPSA) is 111 Å². The Morgan fingerprint density at radius 2 is 2.27 bits per heavy atom. The number of aromatic amines is 1. The van der Waals surface area contributed by atoms with Gasteiger partial charge in [-0.15, -0.1) is 11.8 Å². The number of thioether (sulfide) groups is 1. The van der Waals surface area contributed by atoms with E-state index in [0.29, 0.717) is 21.6 Å². The van der Waals surface area contributed by atoms with Crippen LogP contribution < -0.4 is 11.5 Å². The minimum atomic E-state index is -0.535. The number of carbonyl (C=O) groups is 1. The molecule has 0 unspecified atom stereocenters. The van der Waals surface area contributed by atoms with Crippen LogP contribution >= 0.6 is 11.8 Å². The third-order valence-electron chi connectivity index (χ3n) is 2.04. The van der Waals surface area contributed by atoms with Crippen molar-refractivity contribution in [1.29, 1.82) is 0 Å². The van der Waals surface area contributed by atoms with Crippen molar-refractivity contribution in [2.75, 3.05) is 12.0 Å². The van der Waals surface area contributed by atoms with Gasteiger partial charge in [0.1, 0.15) is 17.8 Å². The summed E-state index contributed by atoms with van der Waals surface area (Å²) in [5.74, 6) is -0.280. The molecule has 0 bridgehead atoms. The molecule has 15 heavy (non-hydrogen) atoms. The average molecular weight is 223 g/mol. The minimum absolute atomic E-state index is 0.255. The molecule has 0 fully saturated rings. The molecule has 0 saturated carbocycles. The van der Waals surface area contributed by atoms with Crippen LogP contribution in [-0.2, 0) is 0 Å². The van der Waals surface area contributed by atoms with Gasteiger partial charge < -0.3 is 16.5 Å². The number of fused-ring (bicyclic) bond motifs is 1. The van der Waals surface area contributed by atoms with Crippen LogP contribution in [0.4, 0.5) is 5.82 Å². The lowest BCUT2D eigenvalue weighted by atomic mass is 10.2. The molecule has 2 rings (SSSR count). The van der Waals surface area contributed by atoms with Crippen LogP contribution in [0.15, 0.2) is 11.4 Å². The van der Waals surface area contributed by atoms with Crippen molar-refractivity contribution < 1.29 is 4.79 Å². The summed E-state index contributed by atoms with van der Waals surface area (Å²) in [6, 6.07) is 0. The highest BCUT2D eigenvalue weighted by Gasteiger charge is 2.18. The number of nitrogen functional groups attached to an aromatic ring is 1. The third-order valence-corrected chi connectivity index (χ3v) is 2.75. The Balaban J connectivity index is 2.88. The zero-order valence-corrected chi connectivity index (χ0v) is 8.76. The number of rotatable bonds is 2. The molecule has 0 spiro atoms. The number of anilines is 1. The smallest absolute Gasteiger partial charge is 0.252 e. The SMILES string of the molecule is CSc1[nH]c2ncnc(N)c2c1C(N)=O. The van der Waals surface area contributed by atoms with Crippen LogP contribution in [0.2, 0.25) is 0 Å². The van der Waals surface area contributed by atoms with E-state index in [9.17, 15) is 4.79 Å². The number of nitrogens with two attached hydrogens (primary N) is 2.